The van der Waals surface area contributed by atoms with Crippen molar-refractivity contribution in [2.75, 3.05) is 37.8 Å². The molecule has 1 saturated heterocycles. The smallest absolute Gasteiger partial charge is 0.283 e. The Bertz CT molecular complexity index is 1140. The zero-order chi connectivity index (χ0) is 22.6. The Hall–Kier alpha value is -3.56. The third-order valence-corrected chi connectivity index (χ3v) is 6.61. The lowest BCUT2D eigenvalue weighted by Crippen LogP contribution is -2.50. The molecule has 1 fully saturated rings. The van der Waals surface area contributed by atoms with Gasteiger partial charge in [0.05, 0.1) is 23.1 Å². The average molecular weight is 466 g/mol. The Kier molecular flexibility index (Phi) is 6.14. The number of hydrazine groups is 1. The van der Waals surface area contributed by atoms with Crippen molar-refractivity contribution in [3.63, 3.8) is 0 Å². The van der Waals surface area contributed by atoms with E-state index in [1.165, 1.54) is 11.3 Å². The van der Waals surface area contributed by atoms with Gasteiger partial charge in [0, 0.05) is 18.7 Å². The van der Waals surface area contributed by atoms with Crippen molar-refractivity contribution >= 4 is 28.2 Å². The van der Waals surface area contributed by atoms with Crippen molar-refractivity contribution in [1.82, 2.24) is 10.9 Å². The van der Waals surface area contributed by atoms with Gasteiger partial charge >= 0.3 is 0 Å². The minimum Gasteiger partial charge on any atom is -0.485 e. The summed E-state index contributed by atoms with van der Waals surface area (Å²) in [7, 11) is 0. The molecule has 9 heteroatoms. The fourth-order valence-electron chi connectivity index (χ4n) is 3.73. The van der Waals surface area contributed by atoms with Crippen molar-refractivity contribution in [2.24, 2.45) is 0 Å². The molecule has 5 rings (SSSR count). The SMILES string of the molecule is O=C(NNC(=O)C1COc2ccccc2O1)c1cc(-c2ccccc2)c(N2CCOCC2)s1. The zero-order valence-corrected chi connectivity index (χ0v) is 18.6. The number of anilines is 1. The van der Waals surface area contributed by atoms with Crippen LogP contribution < -0.4 is 25.2 Å². The van der Waals surface area contributed by atoms with Crippen LogP contribution in [0, 0.1) is 0 Å². The highest BCUT2D eigenvalue weighted by molar-refractivity contribution is 7.18. The standard InChI is InChI=1S/C24H23N3O5S/c28-22(20-15-31-18-8-4-5-9-19(18)32-20)25-26-23(29)21-14-17(16-6-2-1-3-7-16)24(33-21)27-10-12-30-13-11-27/h1-9,14,20H,10-13,15H2,(H,25,28)(H,26,29). The van der Waals surface area contributed by atoms with Crippen molar-refractivity contribution < 1.29 is 23.8 Å². The van der Waals surface area contributed by atoms with E-state index in [1.807, 2.05) is 42.5 Å². The van der Waals surface area contributed by atoms with E-state index in [0.717, 1.165) is 29.2 Å². The van der Waals surface area contributed by atoms with Crippen LogP contribution in [-0.2, 0) is 9.53 Å². The predicted molar refractivity (Wildman–Crippen MR) is 125 cm³/mol. The maximum absolute atomic E-state index is 12.9. The van der Waals surface area contributed by atoms with Crippen LogP contribution in [0.2, 0.25) is 0 Å². The summed E-state index contributed by atoms with van der Waals surface area (Å²) in [5.74, 6) is 0.220. The number of para-hydroxylation sites is 2. The second-order valence-electron chi connectivity index (χ2n) is 7.60. The van der Waals surface area contributed by atoms with Crippen LogP contribution >= 0.6 is 11.3 Å². The summed E-state index contributed by atoms with van der Waals surface area (Å²) in [6, 6.07) is 19.0. The van der Waals surface area contributed by atoms with E-state index < -0.39 is 12.0 Å². The maximum Gasteiger partial charge on any atom is 0.283 e. The number of morpholine rings is 1. The molecule has 170 valence electrons. The first-order valence-corrected chi connectivity index (χ1v) is 11.5. The van der Waals surface area contributed by atoms with Gasteiger partial charge in [-0.2, -0.15) is 0 Å². The largest absolute Gasteiger partial charge is 0.485 e. The van der Waals surface area contributed by atoms with Crippen LogP contribution in [-0.4, -0.2) is 50.8 Å². The average Bonchev–Trinajstić information content (AvgIpc) is 3.33. The number of carbonyl (C=O) groups excluding carboxylic acids is 2. The number of hydrogen-bond donors (Lipinski definition) is 2. The fourth-order valence-corrected chi connectivity index (χ4v) is 4.86. The van der Waals surface area contributed by atoms with E-state index in [-0.39, 0.29) is 12.5 Å². The van der Waals surface area contributed by atoms with Gasteiger partial charge in [0.25, 0.3) is 11.8 Å². The molecule has 33 heavy (non-hydrogen) atoms. The van der Waals surface area contributed by atoms with Gasteiger partial charge in [-0.05, 0) is 23.8 Å². The molecule has 1 unspecified atom stereocenters. The van der Waals surface area contributed by atoms with E-state index in [9.17, 15) is 9.59 Å². The molecule has 3 heterocycles. The second kappa shape index (κ2) is 9.51. The van der Waals surface area contributed by atoms with E-state index in [0.29, 0.717) is 29.6 Å². The van der Waals surface area contributed by atoms with Gasteiger partial charge in [0.2, 0.25) is 6.10 Å². The molecule has 0 radical (unpaired) electrons. The number of hydrogen-bond acceptors (Lipinski definition) is 7. The number of rotatable bonds is 4. The molecule has 2 amide bonds. The molecule has 2 aliphatic rings. The lowest BCUT2D eigenvalue weighted by molar-refractivity contribution is -0.131. The fraction of sp³-hybridized carbons (Fsp3) is 0.250. The number of thiophene rings is 1. The third-order valence-electron chi connectivity index (χ3n) is 5.42. The summed E-state index contributed by atoms with van der Waals surface area (Å²) in [5, 5.41) is 1.02. The molecule has 0 bridgehead atoms. The minimum absolute atomic E-state index is 0.0665. The number of fused-ring (bicyclic) bond motifs is 1. The zero-order valence-electron chi connectivity index (χ0n) is 17.8. The van der Waals surface area contributed by atoms with Crippen LogP contribution in [0.1, 0.15) is 9.67 Å². The van der Waals surface area contributed by atoms with Crippen molar-refractivity contribution in [3.05, 3.63) is 65.5 Å². The number of amides is 2. The van der Waals surface area contributed by atoms with E-state index in [2.05, 4.69) is 15.8 Å². The van der Waals surface area contributed by atoms with Crippen LogP contribution in [0.25, 0.3) is 11.1 Å². The topological polar surface area (TPSA) is 89.1 Å². The Morgan fingerprint density at radius 2 is 1.67 bits per heavy atom. The third kappa shape index (κ3) is 4.64. The molecule has 0 spiro atoms. The van der Waals surface area contributed by atoms with Gasteiger partial charge in [-0.25, -0.2) is 0 Å². The Morgan fingerprint density at radius 1 is 0.939 bits per heavy atom. The van der Waals surface area contributed by atoms with Gasteiger partial charge in [-0.1, -0.05) is 42.5 Å². The van der Waals surface area contributed by atoms with E-state index >= 15 is 0 Å². The highest BCUT2D eigenvalue weighted by Crippen LogP contribution is 2.39. The number of carbonyl (C=O) groups is 2. The lowest BCUT2D eigenvalue weighted by Gasteiger charge is -2.28. The summed E-state index contributed by atoms with van der Waals surface area (Å²) < 4.78 is 16.7. The van der Waals surface area contributed by atoms with Crippen molar-refractivity contribution in [2.45, 2.75) is 6.10 Å². The first-order chi connectivity index (χ1) is 16.2. The quantitative estimate of drug-likeness (QED) is 0.576. The molecule has 3 aromatic rings. The molecule has 2 aliphatic heterocycles. The Morgan fingerprint density at radius 3 is 2.45 bits per heavy atom. The number of nitrogens with zero attached hydrogens (tertiary/aromatic N) is 1. The number of nitrogens with one attached hydrogen (secondary N) is 2. The van der Waals surface area contributed by atoms with Gasteiger partial charge < -0.3 is 19.1 Å². The summed E-state index contributed by atoms with van der Waals surface area (Å²) in [6.07, 6.45) is -0.854. The Labute approximate surface area is 195 Å². The summed E-state index contributed by atoms with van der Waals surface area (Å²) in [4.78, 5) is 28.1. The molecule has 2 N–H and O–H groups in total. The molecular weight excluding hydrogens is 442 g/mol. The molecular formula is C24H23N3O5S. The van der Waals surface area contributed by atoms with Gasteiger partial charge in [0.15, 0.2) is 11.5 Å². The van der Waals surface area contributed by atoms with E-state index in [1.54, 1.807) is 18.2 Å². The molecule has 1 aromatic heterocycles. The molecule has 0 saturated carbocycles. The van der Waals surface area contributed by atoms with Gasteiger partial charge in [-0.3, -0.25) is 20.4 Å². The lowest BCUT2D eigenvalue weighted by atomic mass is 10.1. The molecule has 1 atom stereocenters. The number of ether oxygens (including phenoxy) is 3. The summed E-state index contributed by atoms with van der Waals surface area (Å²) in [6.45, 7) is 2.89. The van der Waals surface area contributed by atoms with Crippen LogP contribution in [0.4, 0.5) is 5.00 Å². The normalized spacial score (nSPS) is 17.3. The summed E-state index contributed by atoms with van der Waals surface area (Å²) in [5.41, 5.74) is 6.99. The number of benzene rings is 2. The molecule has 8 nitrogen and oxygen atoms in total. The Balaban J connectivity index is 1.28. The monoisotopic (exact) mass is 465 g/mol. The molecule has 0 aliphatic carbocycles. The highest BCUT2D eigenvalue weighted by Gasteiger charge is 2.28. The molecule has 2 aromatic carbocycles. The van der Waals surface area contributed by atoms with Crippen LogP contribution in [0.15, 0.2) is 60.7 Å². The van der Waals surface area contributed by atoms with Crippen LogP contribution in [0.3, 0.4) is 0 Å². The van der Waals surface area contributed by atoms with Crippen molar-refractivity contribution in [3.8, 4) is 22.6 Å². The van der Waals surface area contributed by atoms with Crippen LogP contribution in [0.5, 0.6) is 11.5 Å². The summed E-state index contributed by atoms with van der Waals surface area (Å²) >= 11 is 1.40. The second-order valence-corrected chi connectivity index (χ2v) is 8.63. The highest BCUT2D eigenvalue weighted by atomic mass is 32.1. The minimum atomic E-state index is -0.854. The van der Waals surface area contributed by atoms with Crippen molar-refractivity contribution in [1.29, 1.82) is 0 Å². The van der Waals surface area contributed by atoms with E-state index in [4.69, 9.17) is 14.2 Å². The maximum atomic E-state index is 12.9. The van der Waals surface area contributed by atoms with Gasteiger partial charge in [0.1, 0.15) is 6.61 Å². The first kappa shape index (κ1) is 21.3. The first-order valence-electron chi connectivity index (χ1n) is 10.7. The predicted octanol–water partition coefficient (Wildman–Crippen LogP) is 2.85. The van der Waals surface area contributed by atoms with Gasteiger partial charge in [-0.15, -0.1) is 11.3 Å².